The van der Waals surface area contributed by atoms with E-state index in [0.717, 1.165) is 19.3 Å². The first-order valence-electron chi connectivity index (χ1n) is 9.72. The maximum Gasteiger partial charge on any atom is 0.243 e. The molecule has 6 nitrogen and oxygen atoms in total. The summed E-state index contributed by atoms with van der Waals surface area (Å²) in [6.07, 6.45) is 4.33. The Morgan fingerprint density at radius 1 is 1.10 bits per heavy atom. The van der Waals surface area contributed by atoms with Crippen molar-refractivity contribution in [2.24, 2.45) is 0 Å². The van der Waals surface area contributed by atoms with Gasteiger partial charge in [-0.2, -0.15) is 4.31 Å². The highest BCUT2D eigenvalue weighted by atomic mass is 35.5. The van der Waals surface area contributed by atoms with Crippen molar-refractivity contribution >= 4 is 44.8 Å². The number of anilines is 1. The van der Waals surface area contributed by atoms with Crippen LogP contribution < -0.4 is 10.1 Å². The Morgan fingerprint density at radius 3 is 2.43 bits per heavy atom. The molecule has 0 aliphatic heterocycles. The fourth-order valence-electron chi connectivity index (χ4n) is 3.62. The van der Waals surface area contributed by atoms with Crippen LogP contribution in [0, 0.1) is 0 Å². The number of carbonyl (C=O) groups is 1. The molecule has 30 heavy (non-hydrogen) atoms. The Morgan fingerprint density at radius 2 is 1.80 bits per heavy atom. The molecule has 0 saturated heterocycles. The highest BCUT2D eigenvalue weighted by molar-refractivity contribution is 7.89. The second kappa shape index (κ2) is 10.0. The second-order valence-electron chi connectivity index (χ2n) is 7.17. The standard InChI is InChI=1S/C21H24Cl2N2O4S/c1-29-20-12-11-16(13-18(20)23)30(27,28)25(15-7-3-2-4-8-15)14-21(26)24-19-10-6-5-9-17(19)22/h5-6,9-13,15H,2-4,7-8,14H2,1H3,(H,24,26). The number of benzene rings is 2. The van der Waals surface area contributed by atoms with Gasteiger partial charge in [-0.3, -0.25) is 4.79 Å². The fraction of sp³-hybridized carbons (Fsp3) is 0.381. The SMILES string of the molecule is COc1ccc(S(=O)(=O)N(CC(=O)Nc2ccccc2Cl)C2CCCCC2)cc1Cl. The van der Waals surface area contributed by atoms with Gasteiger partial charge in [-0.1, -0.05) is 54.6 Å². The van der Waals surface area contributed by atoms with E-state index in [-0.39, 0.29) is 22.5 Å². The van der Waals surface area contributed by atoms with Crippen LogP contribution >= 0.6 is 23.2 Å². The Hall–Kier alpha value is -1.80. The number of rotatable bonds is 7. The molecule has 1 amide bonds. The molecule has 0 radical (unpaired) electrons. The quantitative estimate of drug-likeness (QED) is 0.619. The lowest BCUT2D eigenvalue weighted by atomic mass is 9.95. The van der Waals surface area contributed by atoms with E-state index in [2.05, 4.69) is 5.32 Å². The van der Waals surface area contributed by atoms with E-state index in [4.69, 9.17) is 27.9 Å². The number of hydrogen-bond donors (Lipinski definition) is 1. The Bertz CT molecular complexity index is 1010. The lowest BCUT2D eigenvalue weighted by Crippen LogP contribution is -2.45. The molecule has 0 aromatic heterocycles. The van der Waals surface area contributed by atoms with Crippen molar-refractivity contribution in [2.45, 2.75) is 43.0 Å². The first-order valence-corrected chi connectivity index (χ1v) is 11.9. The third-order valence-corrected chi connectivity index (χ3v) is 7.68. The van der Waals surface area contributed by atoms with Crippen molar-refractivity contribution < 1.29 is 17.9 Å². The topological polar surface area (TPSA) is 75.7 Å². The predicted octanol–water partition coefficient (Wildman–Crippen LogP) is 4.96. The summed E-state index contributed by atoms with van der Waals surface area (Å²) in [5, 5.41) is 3.30. The summed E-state index contributed by atoms with van der Waals surface area (Å²) >= 11 is 12.3. The minimum atomic E-state index is -3.95. The maximum atomic E-state index is 13.5. The van der Waals surface area contributed by atoms with E-state index in [1.54, 1.807) is 24.3 Å². The summed E-state index contributed by atoms with van der Waals surface area (Å²) in [4.78, 5) is 12.8. The van der Waals surface area contributed by atoms with Gasteiger partial charge < -0.3 is 10.1 Å². The lowest BCUT2D eigenvalue weighted by Gasteiger charge is -2.33. The van der Waals surface area contributed by atoms with Gasteiger partial charge in [-0.25, -0.2) is 8.42 Å². The molecule has 0 bridgehead atoms. The van der Waals surface area contributed by atoms with Crippen molar-refractivity contribution in [1.82, 2.24) is 4.31 Å². The summed E-state index contributed by atoms with van der Waals surface area (Å²) in [6, 6.07) is 10.9. The number of ether oxygens (including phenoxy) is 1. The van der Waals surface area contributed by atoms with Gasteiger partial charge in [0, 0.05) is 6.04 Å². The van der Waals surface area contributed by atoms with Crippen molar-refractivity contribution in [3.8, 4) is 5.75 Å². The Labute approximate surface area is 187 Å². The third-order valence-electron chi connectivity index (χ3n) is 5.16. The molecular formula is C21H24Cl2N2O4S. The van der Waals surface area contributed by atoms with E-state index >= 15 is 0 Å². The summed E-state index contributed by atoms with van der Waals surface area (Å²) in [5.41, 5.74) is 0.442. The van der Waals surface area contributed by atoms with Crippen LogP contribution in [0.4, 0.5) is 5.69 Å². The second-order valence-corrected chi connectivity index (χ2v) is 9.87. The van der Waals surface area contributed by atoms with Crippen molar-refractivity contribution in [1.29, 1.82) is 0 Å². The van der Waals surface area contributed by atoms with Crippen LogP contribution in [0.2, 0.25) is 10.0 Å². The van der Waals surface area contributed by atoms with Crippen LogP contribution in [-0.2, 0) is 14.8 Å². The number of amides is 1. The molecule has 2 aromatic carbocycles. The van der Waals surface area contributed by atoms with E-state index in [1.165, 1.54) is 29.6 Å². The smallest absolute Gasteiger partial charge is 0.243 e. The van der Waals surface area contributed by atoms with E-state index in [9.17, 15) is 13.2 Å². The van der Waals surface area contributed by atoms with Crippen LogP contribution in [0.5, 0.6) is 5.75 Å². The largest absolute Gasteiger partial charge is 0.495 e. The van der Waals surface area contributed by atoms with Crippen molar-refractivity contribution in [2.75, 3.05) is 19.0 Å². The summed E-state index contributed by atoms with van der Waals surface area (Å²) in [5.74, 6) is -0.0619. The molecule has 3 rings (SSSR count). The molecule has 0 heterocycles. The van der Waals surface area contributed by atoms with Gasteiger partial charge in [0.1, 0.15) is 5.75 Å². The molecule has 1 aliphatic rings. The molecule has 2 aromatic rings. The van der Waals surface area contributed by atoms with Gasteiger partial charge in [0.2, 0.25) is 15.9 Å². The minimum absolute atomic E-state index is 0.0319. The zero-order valence-corrected chi connectivity index (χ0v) is 18.9. The number of hydrogen-bond acceptors (Lipinski definition) is 4. The first-order chi connectivity index (χ1) is 14.3. The predicted molar refractivity (Wildman–Crippen MR) is 119 cm³/mol. The molecular weight excluding hydrogens is 447 g/mol. The maximum absolute atomic E-state index is 13.5. The molecule has 0 spiro atoms. The lowest BCUT2D eigenvalue weighted by molar-refractivity contribution is -0.116. The van der Waals surface area contributed by atoms with Gasteiger partial charge in [0.15, 0.2) is 0 Å². The molecule has 1 saturated carbocycles. The average molecular weight is 471 g/mol. The monoisotopic (exact) mass is 470 g/mol. The molecule has 1 N–H and O–H groups in total. The number of halogens is 2. The van der Waals surface area contributed by atoms with Crippen LogP contribution in [-0.4, -0.2) is 38.3 Å². The summed E-state index contributed by atoms with van der Waals surface area (Å²) in [7, 11) is -2.49. The van der Waals surface area contributed by atoms with Crippen LogP contribution in [0.1, 0.15) is 32.1 Å². The molecule has 1 fully saturated rings. The van der Waals surface area contributed by atoms with Gasteiger partial charge in [-0.15, -0.1) is 0 Å². The first kappa shape index (κ1) is 22.9. The van der Waals surface area contributed by atoms with Gasteiger partial charge >= 0.3 is 0 Å². The Balaban J connectivity index is 1.89. The van der Waals surface area contributed by atoms with Crippen LogP contribution in [0.15, 0.2) is 47.4 Å². The van der Waals surface area contributed by atoms with E-state index < -0.39 is 15.9 Å². The zero-order chi connectivity index (χ0) is 21.7. The third kappa shape index (κ3) is 5.27. The van der Waals surface area contributed by atoms with E-state index in [0.29, 0.717) is 29.3 Å². The average Bonchev–Trinajstić information content (AvgIpc) is 2.74. The molecule has 1 aliphatic carbocycles. The molecule has 9 heteroatoms. The number of methoxy groups -OCH3 is 1. The summed E-state index contributed by atoms with van der Waals surface area (Å²) in [6.45, 7) is -0.304. The van der Waals surface area contributed by atoms with Crippen LogP contribution in [0.3, 0.4) is 0 Å². The molecule has 0 unspecified atom stereocenters. The Kier molecular flexibility index (Phi) is 7.63. The number of para-hydroxylation sites is 1. The zero-order valence-electron chi connectivity index (χ0n) is 16.6. The van der Waals surface area contributed by atoms with Gasteiger partial charge in [0.25, 0.3) is 0 Å². The highest BCUT2D eigenvalue weighted by Gasteiger charge is 2.34. The summed E-state index contributed by atoms with van der Waals surface area (Å²) < 4.78 is 33.3. The minimum Gasteiger partial charge on any atom is -0.495 e. The van der Waals surface area contributed by atoms with Crippen molar-refractivity contribution in [3.63, 3.8) is 0 Å². The van der Waals surface area contributed by atoms with Crippen molar-refractivity contribution in [3.05, 3.63) is 52.5 Å². The number of nitrogens with zero attached hydrogens (tertiary/aromatic N) is 1. The van der Waals surface area contributed by atoms with Crippen LogP contribution in [0.25, 0.3) is 0 Å². The van der Waals surface area contributed by atoms with Gasteiger partial charge in [-0.05, 0) is 43.2 Å². The number of sulfonamides is 1. The molecule has 162 valence electrons. The van der Waals surface area contributed by atoms with E-state index in [1.807, 2.05) is 0 Å². The fourth-order valence-corrected chi connectivity index (χ4v) is 5.79. The number of nitrogens with one attached hydrogen (secondary N) is 1. The number of carbonyl (C=O) groups excluding carboxylic acids is 1. The molecule has 0 atom stereocenters. The normalized spacial score (nSPS) is 15.2. The highest BCUT2D eigenvalue weighted by Crippen LogP contribution is 2.32. The van der Waals surface area contributed by atoms with Gasteiger partial charge in [0.05, 0.1) is 34.3 Å².